The van der Waals surface area contributed by atoms with Crippen molar-refractivity contribution in [2.45, 2.75) is 43.9 Å². The van der Waals surface area contributed by atoms with Crippen molar-refractivity contribution in [3.63, 3.8) is 0 Å². The minimum atomic E-state index is -0.0104. The standard InChI is InChI=1S/C7H13NO.ClH/c9-7-3-5-1-2-6(4-7)8-5;/h5-9H,1-4H2;1H. The van der Waals surface area contributed by atoms with Gasteiger partial charge in [0.1, 0.15) is 0 Å². The van der Waals surface area contributed by atoms with Crippen LogP contribution in [0.25, 0.3) is 0 Å². The molecular formula is C7H14ClNO. The van der Waals surface area contributed by atoms with Gasteiger partial charge in [-0.2, -0.15) is 0 Å². The summed E-state index contributed by atoms with van der Waals surface area (Å²) in [4.78, 5) is 0. The van der Waals surface area contributed by atoms with Crippen molar-refractivity contribution >= 4 is 0 Å². The Morgan fingerprint density at radius 2 is 1.70 bits per heavy atom. The van der Waals surface area contributed by atoms with E-state index in [2.05, 4.69) is 5.32 Å². The van der Waals surface area contributed by atoms with Gasteiger partial charge in [-0.3, -0.25) is 0 Å². The molecule has 2 unspecified atom stereocenters. The number of hydrogen-bond acceptors (Lipinski definition) is 2. The topological polar surface area (TPSA) is 32.3 Å². The summed E-state index contributed by atoms with van der Waals surface area (Å²) in [6, 6.07) is 1.28. The van der Waals surface area contributed by atoms with Crippen LogP contribution in [-0.2, 0) is 0 Å². The van der Waals surface area contributed by atoms with Crippen LogP contribution in [0.15, 0.2) is 0 Å². The van der Waals surface area contributed by atoms with E-state index in [1.54, 1.807) is 0 Å². The molecule has 2 saturated heterocycles. The van der Waals surface area contributed by atoms with Crippen molar-refractivity contribution in [3.8, 4) is 0 Å². The summed E-state index contributed by atoms with van der Waals surface area (Å²) >= 11 is 0. The van der Waals surface area contributed by atoms with Crippen LogP contribution in [0.4, 0.5) is 0 Å². The number of rotatable bonds is 0. The number of halogens is 1. The van der Waals surface area contributed by atoms with E-state index in [0.717, 1.165) is 12.8 Å². The van der Waals surface area contributed by atoms with Crippen LogP contribution in [0.2, 0.25) is 0 Å². The fraction of sp³-hybridized carbons (Fsp3) is 1.00. The monoisotopic (exact) mass is 163 g/mol. The number of piperidine rings is 1. The third-order valence-electron chi connectivity index (χ3n) is 2.45. The summed E-state index contributed by atoms with van der Waals surface area (Å²) in [5, 5.41) is 12.7. The first kappa shape index (κ1) is 8.31. The number of fused-ring (bicyclic) bond motifs is 2. The molecule has 0 spiro atoms. The third-order valence-corrected chi connectivity index (χ3v) is 2.45. The van der Waals surface area contributed by atoms with Gasteiger partial charge in [0.2, 0.25) is 0 Å². The van der Waals surface area contributed by atoms with Crippen LogP contribution in [0.5, 0.6) is 0 Å². The summed E-state index contributed by atoms with van der Waals surface area (Å²) in [6.45, 7) is 0. The molecule has 2 N–H and O–H groups in total. The molecule has 0 aromatic heterocycles. The van der Waals surface area contributed by atoms with E-state index in [-0.39, 0.29) is 19.9 Å². The lowest BCUT2D eigenvalue weighted by molar-refractivity contribution is -0.00000589. The molecule has 0 saturated carbocycles. The molecule has 2 bridgehead atoms. The minimum Gasteiger partial charge on any atom is -1.00 e. The second-order valence-corrected chi connectivity index (χ2v) is 3.26. The number of nitrogens with one attached hydrogen (secondary N) is 1. The smallest absolute Gasteiger partial charge is 1.00 e. The molecule has 2 atom stereocenters. The zero-order valence-electron chi connectivity index (χ0n) is 6.89. The van der Waals surface area contributed by atoms with Crippen molar-refractivity contribution in [1.29, 1.82) is 0 Å². The highest BCUT2D eigenvalue weighted by atomic mass is 35.5. The Hall–Kier alpha value is 0.210. The number of aliphatic hydroxyl groups excluding tert-OH is 1. The fourth-order valence-corrected chi connectivity index (χ4v) is 2.03. The van der Waals surface area contributed by atoms with E-state index in [1.807, 2.05) is 0 Å². The molecule has 60 valence electrons. The molecule has 2 nitrogen and oxygen atoms in total. The first-order valence-electron chi connectivity index (χ1n) is 3.79. The van der Waals surface area contributed by atoms with Gasteiger partial charge in [-0.15, -0.1) is 0 Å². The molecule has 2 heterocycles. The molecule has 2 aliphatic heterocycles. The van der Waals surface area contributed by atoms with Gasteiger partial charge in [-0.1, -0.05) is 0 Å². The molecule has 2 fully saturated rings. The van der Waals surface area contributed by atoms with Crippen molar-refractivity contribution < 1.29 is 18.9 Å². The lowest BCUT2D eigenvalue weighted by Gasteiger charge is -2.24. The summed E-state index contributed by atoms with van der Waals surface area (Å²) in [6.07, 6.45) is 4.51. The van der Waals surface area contributed by atoms with E-state index in [1.165, 1.54) is 12.8 Å². The summed E-state index contributed by atoms with van der Waals surface area (Å²) in [7, 11) is 0. The van der Waals surface area contributed by atoms with Crippen molar-refractivity contribution in [1.82, 2.24) is 5.32 Å². The summed E-state index contributed by atoms with van der Waals surface area (Å²) in [5.74, 6) is 0. The maximum absolute atomic E-state index is 9.25. The second kappa shape index (κ2) is 3.07. The SMILES string of the molecule is OC1CC2CCC(C1)N2.[Cl-].[H+]. The van der Waals surface area contributed by atoms with Crippen molar-refractivity contribution in [2.75, 3.05) is 0 Å². The largest absolute Gasteiger partial charge is 1.00 e. The Kier molecular flexibility index (Phi) is 2.55. The van der Waals surface area contributed by atoms with E-state index >= 15 is 0 Å². The van der Waals surface area contributed by atoms with E-state index < -0.39 is 0 Å². The molecule has 2 aliphatic rings. The van der Waals surface area contributed by atoms with E-state index in [9.17, 15) is 5.11 Å². The van der Waals surface area contributed by atoms with E-state index in [4.69, 9.17) is 0 Å². The van der Waals surface area contributed by atoms with Crippen LogP contribution in [0, 0.1) is 0 Å². The highest BCUT2D eigenvalue weighted by Crippen LogP contribution is 2.26. The lowest BCUT2D eigenvalue weighted by Crippen LogP contribution is -3.00. The summed E-state index contributed by atoms with van der Waals surface area (Å²) in [5.41, 5.74) is 0. The van der Waals surface area contributed by atoms with Gasteiger partial charge in [0.25, 0.3) is 0 Å². The quantitative estimate of drug-likeness (QED) is 0.410. The molecule has 0 amide bonds. The maximum Gasteiger partial charge on any atom is 1.00 e. The zero-order chi connectivity index (χ0) is 6.27. The Morgan fingerprint density at radius 1 is 1.20 bits per heavy atom. The van der Waals surface area contributed by atoms with Gasteiger partial charge in [-0.05, 0) is 25.7 Å². The second-order valence-electron chi connectivity index (χ2n) is 3.26. The predicted octanol–water partition coefficient (Wildman–Crippen LogP) is -2.62. The van der Waals surface area contributed by atoms with Gasteiger partial charge in [0.15, 0.2) is 0 Å². The highest BCUT2D eigenvalue weighted by molar-refractivity contribution is 4.91. The predicted molar refractivity (Wildman–Crippen MR) is 36.3 cm³/mol. The van der Waals surface area contributed by atoms with E-state index in [0.29, 0.717) is 12.1 Å². The molecule has 2 rings (SSSR count). The molecule has 0 aliphatic carbocycles. The maximum atomic E-state index is 9.25. The average molecular weight is 164 g/mol. The first-order valence-corrected chi connectivity index (χ1v) is 3.79. The number of aliphatic hydroxyl groups is 1. The van der Waals surface area contributed by atoms with Crippen molar-refractivity contribution in [3.05, 3.63) is 0 Å². The van der Waals surface area contributed by atoms with Gasteiger partial charge in [-0.25, -0.2) is 0 Å². The zero-order valence-corrected chi connectivity index (χ0v) is 6.64. The van der Waals surface area contributed by atoms with Gasteiger partial charge < -0.3 is 22.8 Å². The normalized spacial score (nSPS) is 44.7. The molecule has 10 heavy (non-hydrogen) atoms. The van der Waals surface area contributed by atoms with Gasteiger partial charge in [0, 0.05) is 12.1 Å². The third kappa shape index (κ3) is 1.44. The van der Waals surface area contributed by atoms with Gasteiger partial charge in [0.05, 0.1) is 6.10 Å². The number of hydrogen-bond donors (Lipinski definition) is 2. The minimum absolute atomic E-state index is 0. The average Bonchev–Trinajstić information content (AvgIpc) is 2.11. The van der Waals surface area contributed by atoms with Crippen molar-refractivity contribution in [2.24, 2.45) is 0 Å². The Bertz CT molecular complexity index is 113. The lowest BCUT2D eigenvalue weighted by atomic mass is 10.0. The fourth-order valence-electron chi connectivity index (χ4n) is 2.03. The summed E-state index contributed by atoms with van der Waals surface area (Å²) < 4.78 is 0. The molecule has 0 aromatic carbocycles. The van der Waals surface area contributed by atoms with Crippen LogP contribution >= 0.6 is 0 Å². The molecule has 0 aromatic rings. The van der Waals surface area contributed by atoms with Crippen LogP contribution in [0.3, 0.4) is 0 Å². The molecule has 0 radical (unpaired) electrons. The van der Waals surface area contributed by atoms with Crippen LogP contribution in [-0.4, -0.2) is 23.3 Å². The van der Waals surface area contributed by atoms with Gasteiger partial charge >= 0.3 is 1.43 Å². The highest BCUT2D eigenvalue weighted by Gasteiger charge is 2.31. The Labute approximate surface area is 68.9 Å². The Morgan fingerprint density at radius 3 is 2.20 bits per heavy atom. The molecule has 3 heteroatoms. The van der Waals surface area contributed by atoms with Crippen LogP contribution in [0.1, 0.15) is 27.1 Å². The van der Waals surface area contributed by atoms with Crippen LogP contribution < -0.4 is 17.7 Å². The first-order chi connectivity index (χ1) is 4.34. The molecular weight excluding hydrogens is 150 g/mol. The Balaban J connectivity index is 0.000000500.